The van der Waals surface area contributed by atoms with Crippen LogP contribution in [0.4, 0.5) is 11.4 Å². The Kier molecular flexibility index (Phi) is 6.12. The molecule has 0 saturated heterocycles. The van der Waals surface area contributed by atoms with E-state index in [1.807, 2.05) is 0 Å². The van der Waals surface area contributed by atoms with Crippen LogP contribution < -0.4 is 14.4 Å². The van der Waals surface area contributed by atoms with E-state index in [4.69, 9.17) is 21.1 Å². The Hall–Kier alpha value is -2.29. The first-order valence-corrected chi connectivity index (χ1v) is 10.5. The highest BCUT2D eigenvalue weighted by atomic mass is 35.5. The van der Waals surface area contributed by atoms with Gasteiger partial charge in [0.15, 0.2) is 0 Å². The minimum Gasteiger partial charge on any atom is -0.495 e. The molecule has 28 heavy (non-hydrogen) atoms. The molecule has 0 aliphatic carbocycles. The SMILES string of the molecule is COCCN1C(=O)CCc2cc(NS(=O)(=O)c3cc(Cl)ccc3OC)ccc21. The number of carbonyl (C=O) groups excluding carboxylic acids is 1. The van der Waals surface area contributed by atoms with Gasteiger partial charge in [-0.3, -0.25) is 9.52 Å². The van der Waals surface area contributed by atoms with Gasteiger partial charge in [-0.25, -0.2) is 8.42 Å². The van der Waals surface area contributed by atoms with Crippen molar-refractivity contribution in [3.8, 4) is 5.75 Å². The van der Waals surface area contributed by atoms with Gasteiger partial charge >= 0.3 is 0 Å². The molecule has 0 unspecified atom stereocenters. The minimum absolute atomic E-state index is 0.0292. The minimum atomic E-state index is -3.90. The molecule has 2 aromatic rings. The number of hydrogen-bond acceptors (Lipinski definition) is 5. The normalized spacial score (nSPS) is 14.0. The molecular formula is C19H21ClN2O5S. The third-order valence-corrected chi connectivity index (χ3v) is 6.10. The quantitative estimate of drug-likeness (QED) is 0.738. The molecule has 0 atom stereocenters. The van der Waals surface area contributed by atoms with E-state index in [0.717, 1.165) is 11.3 Å². The zero-order chi connectivity index (χ0) is 20.3. The smallest absolute Gasteiger partial charge is 0.265 e. The summed E-state index contributed by atoms with van der Waals surface area (Å²) in [5, 5.41) is 0.291. The van der Waals surface area contributed by atoms with Crippen LogP contribution in [0.15, 0.2) is 41.3 Å². The van der Waals surface area contributed by atoms with Crippen molar-refractivity contribution in [2.24, 2.45) is 0 Å². The first-order chi connectivity index (χ1) is 13.4. The van der Waals surface area contributed by atoms with Gasteiger partial charge < -0.3 is 14.4 Å². The van der Waals surface area contributed by atoms with E-state index in [-0.39, 0.29) is 16.6 Å². The molecule has 0 radical (unpaired) electrons. The lowest BCUT2D eigenvalue weighted by molar-refractivity contribution is -0.119. The number of amides is 1. The van der Waals surface area contributed by atoms with E-state index in [1.54, 1.807) is 36.3 Å². The molecule has 1 aliphatic rings. The van der Waals surface area contributed by atoms with Crippen molar-refractivity contribution >= 4 is 38.9 Å². The summed E-state index contributed by atoms with van der Waals surface area (Å²) in [6.45, 7) is 0.876. The van der Waals surface area contributed by atoms with Crippen molar-refractivity contribution in [2.75, 3.05) is 37.0 Å². The van der Waals surface area contributed by atoms with Crippen LogP contribution in [0.5, 0.6) is 5.75 Å². The number of sulfonamides is 1. The van der Waals surface area contributed by atoms with Crippen LogP contribution in [0.2, 0.25) is 5.02 Å². The van der Waals surface area contributed by atoms with Gasteiger partial charge in [0.1, 0.15) is 10.6 Å². The van der Waals surface area contributed by atoms with E-state index in [1.165, 1.54) is 19.2 Å². The standard InChI is InChI=1S/C19H21ClN2O5S/c1-26-10-9-22-16-6-5-15(11-13(16)3-8-19(22)23)21-28(24,25)18-12-14(20)4-7-17(18)27-2/h4-7,11-12,21H,3,8-10H2,1-2H3. The number of methoxy groups -OCH3 is 2. The van der Waals surface area contributed by atoms with Crippen molar-refractivity contribution in [3.63, 3.8) is 0 Å². The van der Waals surface area contributed by atoms with Crippen molar-refractivity contribution in [3.05, 3.63) is 47.0 Å². The van der Waals surface area contributed by atoms with Gasteiger partial charge in [-0.05, 0) is 48.4 Å². The van der Waals surface area contributed by atoms with Crippen LogP contribution in [0.3, 0.4) is 0 Å². The van der Waals surface area contributed by atoms with Gasteiger partial charge in [0.05, 0.1) is 13.7 Å². The van der Waals surface area contributed by atoms with Crippen molar-refractivity contribution in [2.45, 2.75) is 17.7 Å². The summed E-state index contributed by atoms with van der Waals surface area (Å²) in [4.78, 5) is 13.8. The largest absolute Gasteiger partial charge is 0.495 e. The fraction of sp³-hybridized carbons (Fsp3) is 0.316. The summed E-state index contributed by atoms with van der Waals surface area (Å²) in [5.41, 5.74) is 2.08. The molecule has 1 aliphatic heterocycles. The van der Waals surface area contributed by atoms with Crippen LogP contribution >= 0.6 is 11.6 Å². The summed E-state index contributed by atoms with van der Waals surface area (Å²) in [6.07, 6.45) is 0.919. The molecule has 9 heteroatoms. The highest BCUT2D eigenvalue weighted by Gasteiger charge is 2.25. The van der Waals surface area contributed by atoms with Gasteiger partial charge in [0, 0.05) is 36.5 Å². The van der Waals surface area contributed by atoms with Gasteiger partial charge in [-0.1, -0.05) is 11.6 Å². The Morgan fingerprint density at radius 1 is 1.14 bits per heavy atom. The second-order valence-corrected chi connectivity index (χ2v) is 8.37. The maximum atomic E-state index is 12.8. The number of halogens is 1. The van der Waals surface area contributed by atoms with Gasteiger partial charge in [-0.2, -0.15) is 0 Å². The van der Waals surface area contributed by atoms with E-state index in [9.17, 15) is 13.2 Å². The average Bonchev–Trinajstić information content (AvgIpc) is 2.67. The lowest BCUT2D eigenvalue weighted by Gasteiger charge is -2.29. The van der Waals surface area contributed by atoms with Gasteiger partial charge in [-0.15, -0.1) is 0 Å². The van der Waals surface area contributed by atoms with Gasteiger partial charge in [0.25, 0.3) is 10.0 Å². The number of carbonyl (C=O) groups is 1. The molecule has 7 nitrogen and oxygen atoms in total. The zero-order valence-electron chi connectivity index (χ0n) is 15.6. The van der Waals surface area contributed by atoms with Crippen LogP contribution in [0.1, 0.15) is 12.0 Å². The van der Waals surface area contributed by atoms with E-state index in [0.29, 0.717) is 36.7 Å². The van der Waals surface area contributed by atoms with Crippen LogP contribution in [0, 0.1) is 0 Å². The Bertz CT molecular complexity index is 994. The zero-order valence-corrected chi connectivity index (χ0v) is 17.1. The summed E-state index contributed by atoms with van der Waals surface area (Å²) in [7, 11) is -0.927. The monoisotopic (exact) mass is 424 g/mol. The Labute approximate surface area is 169 Å². The summed E-state index contributed by atoms with van der Waals surface area (Å²) in [5.74, 6) is 0.229. The van der Waals surface area contributed by atoms with E-state index < -0.39 is 10.0 Å². The third kappa shape index (κ3) is 4.24. The molecule has 1 heterocycles. The van der Waals surface area contributed by atoms with Crippen LogP contribution in [-0.4, -0.2) is 41.7 Å². The number of fused-ring (bicyclic) bond motifs is 1. The maximum Gasteiger partial charge on any atom is 0.265 e. The maximum absolute atomic E-state index is 12.8. The first kappa shape index (κ1) is 20.4. The van der Waals surface area contributed by atoms with Crippen molar-refractivity contribution in [1.29, 1.82) is 0 Å². The fourth-order valence-electron chi connectivity index (χ4n) is 3.12. The molecule has 2 aromatic carbocycles. The predicted octanol–water partition coefficient (Wildman–Crippen LogP) is 3.08. The van der Waals surface area contributed by atoms with E-state index in [2.05, 4.69) is 4.72 Å². The topological polar surface area (TPSA) is 84.9 Å². The number of benzene rings is 2. The number of anilines is 2. The molecule has 1 N–H and O–H groups in total. The number of ether oxygens (including phenoxy) is 2. The molecular weight excluding hydrogens is 404 g/mol. The van der Waals surface area contributed by atoms with Crippen molar-refractivity contribution < 1.29 is 22.7 Å². The Balaban J connectivity index is 1.90. The fourth-order valence-corrected chi connectivity index (χ4v) is 4.60. The number of rotatable bonds is 7. The van der Waals surface area contributed by atoms with E-state index >= 15 is 0 Å². The second-order valence-electron chi connectivity index (χ2n) is 6.28. The molecule has 0 aromatic heterocycles. The molecule has 150 valence electrons. The number of hydrogen-bond donors (Lipinski definition) is 1. The van der Waals surface area contributed by atoms with Gasteiger partial charge in [0.2, 0.25) is 5.91 Å². The number of nitrogens with one attached hydrogen (secondary N) is 1. The highest BCUT2D eigenvalue weighted by molar-refractivity contribution is 7.92. The summed E-state index contributed by atoms with van der Waals surface area (Å²) >= 11 is 5.95. The Morgan fingerprint density at radius 3 is 2.64 bits per heavy atom. The molecule has 0 fully saturated rings. The molecule has 1 amide bonds. The summed E-state index contributed by atoms with van der Waals surface area (Å²) < 4.78 is 38.4. The van der Waals surface area contributed by atoms with Crippen LogP contribution in [0.25, 0.3) is 0 Å². The second kappa shape index (κ2) is 8.38. The first-order valence-electron chi connectivity index (χ1n) is 8.64. The Morgan fingerprint density at radius 2 is 1.93 bits per heavy atom. The average molecular weight is 425 g/mol. The van der Waals surface area contributed by atoms with Crippen LogP contribution in [-0.2, 0) is 26.0 Å². The lowest BCUT2D eigenvalue weighted by atomic mass is 10.0. The number of nitrogens with zero attached hydrogens (tertiary/aromatic N) is 1. The predicted molar refractivity (Wildman–Crippen MR) is 108 cm³/mol. The number of aryl methyl sites for hydroxylation is 1. The summed E-state index contributed by atoms with van der Waals surface area (Å²) in [6, 6.07) is 9.52. The van der Waals surface area contributed by atoms with Crippen molar-refractivity contribution in [1.82, 2.24) is 0 Å². The third-order valence-electron chi connectivity index (χ3n) is 4.47. The molecule has 0 spiro atoms. The molecule has 0 bridgehead atoms. The molecule has 3 rings (SSSR count). The lowest BCUT2D eigenvalue weighted by Crippen LogP contribution is -2.37. The highest BCUT2D eigenvalue weighted by Crippen LogP contribution is 2.32. The molecule has 0 saturated carbocycles.